The summed E-state index contributed by atoms with van der Waals surface area (Å²) in [6, 6.07) is 15.1. The second-order valence-electron chi connectivity index (χ2n) is 31.4. The van der Waals surface area contributed by atoms with Gasteiger partial charge in [-0.1, -0.05) is 180 Å². The average Bonchev–Trinajstić information content (AvgIpc) is 1.56. The number of hydrogen-bond donors (Lipinski definition) is 3. The molecule has 2 aromatic carbocycles. The molecule has 14 atom stereocenters. The molecule has 2 unspecified atom stereocenters. The van der Waals surface area contributed by atoms with Crippen molar-refractivity contribution in [1.82, 2.24) is 40.2 Å². The Hall–Kier alpha value is -7.08. The highest BCUT2D eigenvalue weighted by atomic mass is 32.1. The summed E-state index contributed by atoms with van der Waals surface area (Å²) in [6.07, 6.45) is 14.2. The number of aldehydes is 2. The fourth-order valence-corrected chi connectivity index (χ4v) is 16.4. The molecule has 109 heavy (non-hydrogen) atoms. The number of carbonyl (C=O) groups is 10. The molecule has 4 amide bonds. The minimum Gasteiger partial charge on any atom is -0.508 e. The molecule has 6 rings (SSSR count). The highest BCUT2D eigenvalue weighted by Crippen LogP contribution is 2.36. The molecule has 0 radical (unpaired) electrons. The van der Waals surface area contributed by atoms with Crippen LogP contribution in [0.15, 0.2) is 65.4 Å². The number of benzene rings is 2. The number of ether oxygens (including phenoxy) is 2. The van der Waals surface area contributed by atoms with E-state index in [-0.39, 0.29) is 196 Å². The fraction of sp³-hybridized carbons (Fsp3) is 0.674. The third-order valence-corrected chi connectivity index (χ3v) is 23.9. The Bertz CT molecular complexity index is 3420. The molecule has 0 aliphatic carbocycles. The summed E-state index contributed by atoms with van der Waals surface area (Å²) in [6.45, 7) is 29.2. The van der Waals surface area contributed by atoms with Gasteiger partial charge < -0.3 is 44.6 Å². The standard InChI is InChI=1S/C42H64N4O7S.C42H64N4O6S.2CH4/c1-9-13-39(50)53-26-46(42(52)34(29(6)10-2)23-38(49)36-14-11-12-19-45(36)8)37(27(3)4)21-30(7)41-44-35(25-54-41)40(51)43-32(20-28(5)24-47)22-31-15-17-33(48)18-16-31;1-9-16-39(49)52-27-46(42(51)34(30(6)10-2)24-38(48)36-19-14-15-20-45(36)8)37(28(3)4)22-31(7)41-44-35(26-53-41)40(50)43-33(21-29(5)25-47)23-32-17-12-11-13-18-32;;/h15-18,24-25,27-30,32,34,36-37,48H,9-14,19-23,26H2,1-8H3,(H,43,51);11-13,17-18,25-26,28-31,33-34,36-37H,9-10,14-16,19-24,27H2,1-8H3,(H,43,50);2*1H4/t28-,29?,30+,32+,34-,36+,37+;29-,30?,31+,33+,34-,36+,37+;;/m00../s1. The van der Waals surface area contributed by atoms with Gasteiger partial charge >= 0.3 is 11.9 Å². The molecule has 4 aromatic rings. The van der Waals surface area contributed by atoms with Crippen molar-refractivity contribution in [1.29, 1.82) is 0 Å². The first-order chi connectivity index (χ1) is 51.0. The zero-order chi connectivity index (χ0) is 79.0. The average molecular weight is 1550 g/mol. The number of likely N-dealkylation sites (N-methyl/N-ethyl adjacent to an activating group) is 2. The van der Waals surface area contributed by atoms with Gasteiger partial charge in [-0.05, 0) is 151 Å². The van der Waals surface area contributed by atoms with Gasteiger partial charge in [-0.15, -0.1) is 22.7 Å². The molecule has 23 heteroatoms. The van der Waals surface area contributed by atoms with Crippen LogP contribution in [-0.4, -0.2) is 171 Å². The van der Waals surface area contributed by atoms with Crippen molar-refractivity contribution < 1.29 is 62.5 Å². The van der Waals surface area contributed by atoms with E-state index in [0.29, 0.717) is 57.1 Å². The number of nitrogens with one attached hydrogen (secondary N) is 2. The van der Waals surface area contributed by atoms with E-state index in [0.717, 1.165) is 98.2 Å². The molecule has 2 aliphatic heterocycles. The van der Waals surface area contributed by atoms with Crippen molar-refractivity contribution in [2.24, 2.45) is 47.3 Å². The van der Waals surface area contributed by atoms with Crippen molar-refractivity contribution in [2.75, 3.05) is 40.6 Å². The molecule has 610 valence electrons. The second kappa shape index (κ2) is 49.3. The Morgan fingerprint density at radius 3 is 1.27 bits per heavy atom. The molecule has 0 spiro atoms. The number of phenolic OH excluding ortho intramolecular Hbond substituents is 1. The number of carbonyl (C=O) groups excluding carboxylic acids is 10. The molecule has 2 fully saturated rings. The molecule has 2 saturated heterocycles. The number of nitrogens with zero attached hydrogens (tertiary/aromatic N) is 6. The second-order valence-corrected chi connectivity index (χ2v) is 33.1. The van der Waals surface area contributed by atoms with Crippen molar-refractivity contribution in [2.45, 2.75) is 288 Å². The van der Waals surface area contributed by atoms with Crippen LogP contribution in [0.5, 0.6) is 5.75 Å². The molecule has 0 saturated carbocycles. The first-order valence-electron chi connectivity index (χ1n) is 39.6. The van der Waals surface area contributed by atoms with Gasteiger partial charge in [0.25, 0.3) is 11.8 Å². The molecular weight excluding hydrogens is 1420 g/mol. The van der Waals surface area contributed by atoms with Crippen LogP contribution < -0.4 is 10.6 Å². The third-order valence-electron chi connectivity index (χ3n) is 21.7. The number of phenols is 1. The van der Waals surface area contributed by atoms with E-state index in [2.05, 4.69) is 34.3 Å². The number of hydrogen-bond acceptors (Lipinski definition) is 19. The lowest BCUT2D eigenvalue weighted by atomic mass is 9.82. The van der Waals surface area contributed by atoms with Crippen LogP contribution in [0.25, 0.3) is 0 Å². The van der Waals surface area contributed by atoms with E-state index in [9.17, 15) is 53.1 Å². The number of aromatic hydroxyl groups is 1. The van der Waals surface area contributed by atoms with Gasteiger partial charge in [-0.25, -0.2) is 9.97 Å². The van der Waals surface area contributed by atoms with Crippen molar-refractivity contribution in [3.05, 3.63) is 97.9 Å². The molecule has 2 aliphatic rings. The minimum atomic E-state index is -0.550. The third kappa shape index (κ3) is 30.8. The topological polar surface area (TPSA) is 272 Å². The number of esters is 2. The first kappa shape index (κ1) is 96.1. The lowest BCUT2D eigenvalue weighted by Gasteiger charge is -2.39. The van der Waals surface area contributed by atoms with Gasteiger partial charge in [-0.2, -0.15) is 0 Å². The highest BCUT2D eigenvalue weighted by Gasteiger charge is 2.41. The first-order valence-corrected chi connectivity index (χ1v) is 41.4. The van der Waals surface area contributed by atoms with Gasteiger partial charge in [0.2, 0.25) is 11.8 Å². The van der Waals surface area contributed by atoms with Crippen LogP contribution in [-0.2, 0) is 60.7 Å². The summed E-state index contributed by atoms with van der Waals surface area (Å²) in [7, 11) is 3.97. The van der Waals surface area contributed by atoms with Gasteiger partial charge in [0.05, 0.1) is 22.1 Å². The Kier molecular flexibility index (Phi) is 43.5. The zero-order valence-electron chi connectivity index (χ0n) is 67.1. The monoisotopic (exact) mass is 1550 g/mol. The Balaban J connectivity index is 0.000000555. The van der Waals surface area contributed by atoms with Crippen LogP contribution in [0.2, 0.25) is 0 Å². The van der Waals surface area contributed by atoms with Crippen molar-refractivity contribution >= 4 is 82.4 Å². The summed E-state index contributed by atoms with van der Waals surface area (Å²) in [5, 5.41) is 20.9. The van der Waals surface area contributed by atoms with Crippen molar-refractivity contribution in [3.8, 4) is 5.75 Å². The normalized spacial score (nSPS) is 17.9. The highest BCUT2D eigenvalue weighted by molar-refractivity contribution is 7.10. The van der Waals surface area contributed by atoms with E-state index in [1.165, 1.54) is 22.7 Å². The SMILES string of the molecule is C.C.CCCC(=O)OCN(C(=O)[C@@H](CC(=O)[C@H]1CCCCN1C)C(C)CC)[C@H](C[C@@H](C)c1nc(C(=O)N[C@@H](Cc2ccc(O)cc2)C[C@H](C)C=O)cs1)C(C)C.CCCC(=O)OCN(C(=O)[C@@H](CC(=O)[C@H]1CCCCN1C)C(C)CC)[C@H](C[C@@H](C)c1nc(C(=O)N[C@@H](Cc2ccccc2)C[C@H](C)C=O)cs1)C(C)C. The van der Waals surface area contributed by atoms with Gasteiger partial charge in [0.15, 0.2) is 25.0 Å². The summed E-state index contributed by atoms with van der Waals surface area (Å²) >= 11 is 2.79. The summed E-state index contributed by atoms with van der Waals surface area (Å²) < 4.78 is 11.4. The largest absolute Gasteiger partial charge is 0.508 e. The van der Waals surface area contributed by atoms with Crippen LogP contribution in [0, 0.1) is 47.3 Å². The van der Waals surface area contributed by atoms with Crippen molar-refractivity contribution in [3.63, 3.8) is 0 Å². The van der Waals surface area contributed by atoms with Gasteiger partial charge in [-0.3, -0.25) is 48.2 Å². The predicted molar refractivity (Wildman–Crippen MR) is 436 cm³/mol. The molecule has 0 bridgehead atoms. The Morgan fingerprint density at radius 2 is 0.927 bits per heavy atom. The summed E-state index contributed by atoms with van der Waals surface area (Å²) in [5.41, 5.74) is 2.59. The lowest BCUT2D eigenvalue weighted by Crippen LogP contribution is -2.50. The Labute approximate surface area is 661 Å². The number of likely N-dealkylation sites (tertiary alicyclic amines) is 2. The number of ketones is 2. The molecule has 4 heterocycles. The van der Waals surface area contributed by atoms with E-state index >= 15 is 0 Å². The van der Waals surface area contributed by atoms with E-state index < -0.39 is 11.8 Å². The maximum absolute atomic E-state index is 14.7. The smallest absolute Gasteiger partial charge is 0.307 e. The molecule has 2 aromatic heterocycles. The molecule has 3 N–H and O–H groups in total. The van der Waals surface area contributed by atoms with Crippen LogP contribution in [0.1, 0.15) is 281 Å². The lowest BCUT2D eigenvalue weighted by molar-refractivity contribution is -0.161. The van der Waals surface area contributed by atoms with Gasteiger partial charge in [0, 0.05) is 96.1 Å². The number of amides is 4. The predicted octanol–water partition coefficient (Wildman–Crippen LogP) is 15.9. The quantitative estimate of drug-likeness (QED) is 0.0211. The molecular formula is C86H136N8O13S2. The van der Waals surface area contributed by atoms with E-state index in [1.54, 1.807) is 44.8 Å². The number of thiazole rings is 2. The zero-order valence-corrected chi connectivity index (χ0v) is 68.7. The maximum atomic E-state index is 14.7. The van der Waals surface area contributed by atoms with Gasteiger partial charge in [0.1, 0.15) is 29.7 Å². The number of piperidine rings is 2. The Morgan fingerprint density at radius 1 is 0.550 bits per heavy atom. The molecule has 21 nitrogen and oxygen atoms in total. The van der Waals surface area contributed by atoms with Crippen LogP contribution in [0.4, 0.5) is 0 Å². The van der Waals surface area contributed by atoms with E-state index in [1.807, 2.05) is 128 Å². The number of rotatable bonds is 44. The summed E-state index contributed by atoms with van der Waals surface area (Å²) in [4.78, 5) is 149. The van der Waals surface area contributed by atoms with Crippen LogP contribution >= 0.6 is 22.7 Å². The number of Topliss-reactive ketones (excluding diaryl/α,β-unsaturated/α-hetero) is 2. The fourth-order valence-electron chi connectivity index (χ4n) is 14.6. The maximum Gasteiger partial charge on any atom is 0.307 e. The van der Waals surface area contributed by atoms with E-state index in [4.69, 9.17) is 19.4 Å². The minimum absolute atomic E-state index is 0. The summed E-state index contributed by atoms with van der Waals surface area (Å²) in [5.74, 6) is -3.25. The van der Waals surface area contributed by atoms with Crippen LogP contribution in [0.3, 0.4) is 0 Å². The number of aromatic nitrogens is 2.